The molecule has 0 saturated heterocycles. The number of quaternary nitrogens is 1. The summed E-state index contributed by atoms with van der Waals surface area (Å²) in [6.07, 6.45) is 0. The van der Waals surface area contributed by atoms with Crippen LogP contribution in [-0.2, 0) is 6.54 Å². The van der Waals surface area contributed by atoms with Crippen LogP contribution in [0, 0.1) is 10.1 Å². The summed E-state index contributed by atoms with van der Waals surface area (Å²) in [7, 11) is 5.26. The van der Waals surface area contributed by atoms with Gasteiger partial charge in [0.05, 0.1) is 26.2 Å². The lowest BCUT2D eigenvalue weighted by Gasteiger charge is -2.19. The van der Waals surface area contributed by atoms with Crippen molar-refractivity contribution in [2.75, 3.05) is 21.3 Å². The minimum atomic E-state index is -0.447. The summed E-state index contributed by atoms with van der Waals surface area (Å²) in [6.45, 7) is 2.72. The van der Waals surface area contributed by atoms with Gasteiger partial charge in [-0.1, -0.05) is 0 Å². The summed E-state index contributed by atoms with van der Waals surface area (Å²) in [5.41, 5.74) is 1.74. The van der Waals surface area contributed by atoms with Gasteiger partial charge in [0.25, 0.3) is 11.6 Å². The van der Waals surface area contributed by atoms with Crippen molar-refractivity contribution in [3.05, 3.63) is 64.0 Å². The first-order chi connectivity index (χ1) is 13.9. The Balaban J connectivity index is 1.72. The Bertz CT molecular complexity index is 987. The molecule has 2 atom stereocenters. The third-order valence-corrected chi connectivity index (χ3v) is 4.81. The molecule has 0 saturated carbocycles. The molecule has 1 N–H and O–H groups in total. The first-order valence-electron chi connectivity index (χ1n) is 9.04. The molecule has 1 heterocycles. The standard InChI is InChI=1S/C20H22N4O5/c1-13(23(2)12-14-5-10-17(27-3)18(11-14)28-4)19-21-22-20(29-19)15-6-8-16(9-7-15)24(25)26/h5-11,13H,12H2,1-4H3/p+1/t13-/m0/s1. The number of non-ortho nitro benzene ring substituents is 1. The Morgan fingerprint density at radius 1 is 1.10 bits per heavy atom. The van der Waals surface area contributed by atoms with E-state index >= 15 is 0 Å². The van der Waals surface area contributed by atoms with Crippen LogP contribution in [0.3, 0.4) is 0 Å². The second kappa shape index (κ2) is 8.70. The van der Waals surface area contributed by atoms with Crippen LogP contribution in [0.1, 0.15) is 24.4 Å². The lowest BCUT2D eigenvalue weighted by atomic mass is 10.1. The predicted molar refractivity (Wildman–Crippen MR) is 105 cm³/mol. The second-order valence-electron chi connectivity index (χ2n) is 6.68. The molecule has 1 aromatic heterocycles. The molecule has 29 heavy (non-hydrogen) atoms. The molecule has 0 bridgehead atoms. The Hall–Kier alpha value is -3.46. The van der Waals surface area contributed by atoms with E-state index in [0.717, 1.165) is 17.0 Å². The summed E-state index contributed by atoms with van der Waals surface area (Å²) in [6, 6.07) is 11.8. The fraction of sp³-hybridized carbons (Fsp3) is 0.300. The van der Waals surface area contributed by atoms with Crippen LogP contribution in [0.5, 0.6) is 11.5 Å². The molecule has 1 unspecified atom stereocenters. The summed E-state index contributed by atoms with van der Waals surface area (Å²) in [5.74, 6) is 2.20. The molecule has 0 amide bonds. The van der Waals surface area contributed by atoms with Crippen LogP contribution in [0.15, 0.2) is 46.9 Å². The number of hydrogen-bond acceptors (Lipinski definition) is 7. The van der Waals surface area contributed by atoms with Crippen LogP contribution in [0.25, 0.3) is 11.5 Å². The highest BCUT2D eigenvalue weighted by molar-refractivity contribution is 5.55. The quantitative estimate of drug-likeness (QED) is 0.458. The lowest BCUT2D eigenvalue weighted by molar-refractivity contribution is -0.925. The zero-order chi connectivity index (χ0) is 21.0. The van der Waals surface area contributed by atoms with Gasteiger partial charge in [0.15, 0.2) is 17.5 Å². The topological polar surface area (TPSA) is 105 Å². The lowest BCUT2D eigenvalue weighted by Crippen LogP contribution is -3.07. The third-order valence-electron chi connectivity index (χ3n) is 4.81. The first-order valence-corrected chi connectivity index (χ1v) is 9.04. The molecule has 9 nitrogen and oxygen atoms in total. The largest absolute Gasteiger partial charge is 0.493 e. The molecular formula is C20H23N4O5+. The average molecular weight is 399 g/mol. The van der Waals surface area contributed by atoms with Gasteiger partial charge in [-0.2, -0.15) is 0 Å². The third kappa shape index (κ3) is 4.52. The van der Waals surface area contributed by atoms with Crippen molar-refractivity contribution in [1.82, 2.24) is 10.2 Å². The zero-order valence-electron chi connectivity index (χ0n) is 16.7. The second-order valence-corrected chi connectivity index (χ2v) is 6.68. The number of nitro groups is 1. The van der Waals surface area contributed by atoms with E-state index in [1.807, 2.05) is 32.2 Å². The van der Waals surface area contributed by atoms with E-state index in [1.165, 1.54) is 12.1 Å². The Morgan fingerprint density at radius 2 is 1.79 bits per heavy atom. The Morgan fingerprint density at radius 3 is 2.41 bits per heavy atom. The average Bonchev–Trinajstić information content (AvgIpc) is 3.23. The maximum atomic E-state index is 10.8. The van der Waals surface area contributed by atoms with Gasteiger partial charge in [-0.15, -0.1) is 10.2 Å². The monoisotopic (exact) mass is 399 g/mol. The number of nitro benzene ring substituents is 1. The number of nitrogens with one attached hydrogen (secondary N) is 1. The fourth-order valence-corrected chi connectivity index (χ4v) is 2.93. The van der Waals surface area contributed by atoms with Gasteiger partial charge in [-0.25, -0.2) is 0 Å². The van der Waals surface area contributed by atoms with Gasteiger partial charge >= 0.3 is 0 Å². The summed E-state index contributed by atoms with van der Waals surface area (Å²) in [5, 5.41) is 19.0. The van der Waals surface area contributed by atoms with Crippen LogP contribution in [0.2, 0.25) is 0 Å². The molecule has 2 aromatic carbocycles. The van der Waals surface area contributed by atoms with Crippen LogP contribution < -0.4 is 14.4 Å². The normalized spacial score (nSPS) is 13.0. The van der Waals surface area contributed by atoms with Crippen molar-refractivity contribution in [2.45, 2.75) is 19.5 Å². The van der Waals surface area contributed by atoms with Crippen molar-refractivity contribution < 1.29 is 23.7 Å². The van der Waals surface area contributed by atoms with Gasteiger partial charge < -0.3 is 18.8 Å². The van der Waals surface area contributed by atoms with Crippen LogP contribution >= 0.6 is 0 Å². The minimum absolute atomic E-state index is 0.0148. The smallest absolute Gasteiger partial charge is 0.274 e. The molecule has 0 aliphatic rings. The van der Waals surface area contributed by atoms with Gasteiger partial charge in [0, 0.05) is 23.3 Å². The molecule has 0 aliphatic carbocycles. The SMILES string of the molecule is COc1ccc(C[NH+](C)[C@@H](C)c2nnc(-c3ccc([N+](=O)[O-])cc3)o2)cc1OC. The highest BCUT2D eigenvalue weighted by Crippen LogP contribution is 2.27. The minimum Gasteiger partial charge on any atom is -0.493 e. The molecule has 9 heteroatoms. The summed E-state index contributed by atoms with van der Waals surface area (Å²) >= 11 is 0. The molecule has 3 aromatic rings. The molecule has 152 valence electrons. The van der Waals surface area contributed by atoms with Gasteiger partial charge in [-0.3, -0.25) is 10.1 Å². The molecule has 0 radical (unpaired) electrons. The van der Waals surface area contributed by atoms with Crippen molar-refractivity contribution >= 4 is 5.69 Å². The first kappa shape index (κ1) is 20.3. The van der Waals surface area contributed by atoms with Crippen molar-refractivity contribution in [3.8, 4) is 23.0 Å². The van der Waals surface area contributed by atoms with E-state index in [2.05, 4.69) is 10.2 Å². The van der Waals surface area contributed by atoms with Crippen molar-refractivity contribution in [3.63, 3.8) is 0 Å². The van der Waals surface area contributed by atoms with Gasteiger partial charge in [0.1, 0.15) is 6.54 Å². The van der Waals surface area contributed by atoms with Gasteiger partial charge in [-0.05, 0) is 37.3 Å². The number of hydrogen-bond donors (Lipinski definition) is 1. The maximum absolute atomic E-state index is 10.8. The number of benzene rings is 2. The van der Waals surface area contributed by atoms with E-state index in [1.54, 1.807) is 26.4 Å². The number of ether oxygens (including phenoxy) is 2. The van der Waals surface area contributed by atoms with E-state index in [0.29, 0.717) is 28.8 Å². The van der Waals surface area contributed by atoms with Gasteiger partial charge in [0.2, 0.25) is 5.89 Å². The highest BCUT2D eigenvalue weighted by Gasteiger charge is 2.23. The Kier molecular flexibility index (Phi) is 6.08. The highest BCUT2D eigenvalue weighted by atomic mass is 16.6. The number of methoxy groups -OCH3 is 2. The Labute approximate surface area is 168 Å². The van der Waals surface area contributed by atoms with Crippen LogP contribution in [0.4, 0.5) is 5.69 Å². The van der Waals surface area contributed by atoms with E-state index in [9.17, 15) is 10.1 Å². The van der Waals surface area contributed by atoms with Crippen molar-refractivity contribution in [2.24, 2.45) is 0 Å². The van der Waals surface area contributed by atoms with E-state index < -0.39 is 4.92 Å². The van der Waals surface area contributed by atoms with E-state index in [4.69, 9.17) is 13.9 Å². The number of nitrogens with zero attached hydrogens (tertiary/aromatic N) is 3. The predicted octanol–water partition coefficient (Wildman–Crippen LogP) is 2.44. The molecule has 3 rings (SSSR count). The number of aromatic nitrogens is 2. The number of rotatable bonds is 8. The fourth-order valence-electron chi connectivity index (χ4n) is 2.93. The molecule has 0 fully saturated rings. The summed E-state index contributed by atoms with van der Waals surface area (Å²) in [4.78, 5) is 11.5. The van der Waals surface area contributed by atoms with Crippen LogP contribution in [-0.4, -0.2) is 36.4 Å². The van der Waals surface area contributed by atoms with Crippen molar-refractivity contribution in [1.29, 1.82) is 0 Å². The molecule has 0 spiro atoms. The molecular weight excluding hydrogens is 376 g/mol. The molecule has 0 aliphatic heterocycles. The van der Waals surface area contributed by atoms with E-state index in [-0.39, 0.29) is 11.7 Å². The maximum Gasteiger partial charge on any atom is 0.274 e. The summed E-state index contributed by atoms with van der Waals surface area (Å²) < 4.78 is 16.5. The zero-order valence-corrected chi connectivity index (χ0v) is 16.7.